The van der Waals surface area contributed by atoms with Gasteiger partial charge in [-0.3, -0.25) is 4.98 Å². The second-order valence-electron chi connectivity index (χ2n) is 8.59. The fourth-order valence-electron chi connectivity index (χ4n) is 5.36. The van der Waals surface area contributed by atoms with Crippen LogP contribution in [0, 0.1) is 19.7 Å². The molecule has 5 rings (SSSR count). The summed E-state index contributed by atoms with van der Waals surface area (Å²) in [4.78, 5) is 7.05. The van der Waals surface area contributed by atoms with Gasteiger partial charge in [0.15, 0.2) is 5.11 Å². The Morgan fingerprint density at radius 3 is 2.52 bits per heavy atom. The SMILES string of the molecule is Cc1cc([C@@H]2[C@H](c3ccccn3)NC(=S)N2C2CCCC2)c(C)n1-c1ccccc1F. The number of hydrogen-bond donors (Lipinski definition) is 1. The van der Waals surface area contributed by atoms with E-state index >= 15 is 0 Å². The highest BCUT2D eigenvalue weighted by Gasteiger charge is 2.44. The van der Waals surface area contributed by atoms with Crippen LogP contribution in [0.1, 0.15) is 60.4 Å². The number of aromatic nitrogens is 2. The standard InChI is InChI=1S/C25H27FN4S/c1-16-15-19(17(2)29(16)22-13-6-5-11-20(22)26)24-23(21-12-7-8-14-27-21)28-25(31)30(24)18-9-3-4-10-18/h5-8,11-15,18,23-24H,3-4,9-10H2,1-2H3,(H,28,31)/t23-,24+/m0/s1. The van der Waals surface area contributed by atoms with Gasteiger partial charge in [0.05, 0.1) is 23.5 Å². The predicted octanol–water partition coefficient (Wildman–Crippen LogP) is 5.54. The molecule has 0 amide bonds. The Hall–Kier alpha value is -2.73. The Kier molecular flexibility index (Phi) is 5.26. The van der Waals surface area contributed by atoms with E-state index in [9.17, 15) is 4.39 Å². The van der Waals surface area contributed by atoms with E-state index in [2.05, 4.69) is 34.3 Å². The maximum absolute atomic E-state index is 14.7. The molecule has 2 aromatic heterocycles. The summed E-state index contributed by atoms with van der Waals surface area (Å²) >= 11 is 5.85. The van der Waals surface area contributed by atoms with Gasteiger partial charge >= 0.3 is 0 Å². The van der Waals surface area contributed by atoms with Gasteiger partial charge < -0.3 is 14.8 Å². The smallest absolute Gasteiger partial charge is 0.170 e. The van der Waals surface area contributed by atoms with Gasteiger partial charge in [-0.05, 0) is 74.8 Å². The molecule has 3 heterocycles. The van der Waals surface area contributed by atoms with Crippen molar-refractivity contribution in [1.29, 1.82) is 0 Å². The lowest BCUT2D eigenvalue weighted by atomic mass is 9.95. The fourth-order valence-corrected chi connectivity index (χ4v) is 5.75. The van der Waals surface area contributed by atoms with E-state index in [4.69, 9.17) is 12.2 Å². The van der Waals surface area contributed by atoms with Crippen molar-refractivity contribution in [3.63, 3.8) is 0 Å². The van der Waals surface area contributed by atoms with Crippen molar-refractivity contribution in [3.8, 4) is 5.69 Å². The number of halogens is 1. The number of para-hydroxylation sites is 1. The Morgan fingerprint density at radius 1 is 1.06 bits per heavy atom. The highest BCUT2D eigenvalue weighted by Crippen LogP contribution is 2.44. The van der Waals surface area contributed by atoms with Crippen molar-refractivity contribution in [2.75, 3.05) is 0 Å². The first kappa shape index (κ1) is 20.2. The first-order valence-corrected chi connectivity index (χ1v) is 11.4. The van der Waals surface area contributed by atoms with E-state index < -0.39 is 0 Å². The topological polar surface area (TPSA) is 33.1 Å². The molecule has 1 saturated carbocycles. The molecule has 1 aromatic carbocycles. The molecule has 6 heteroatoms. The molecule has 160 valence electrons. The van der Waals surface area contributed by atoms with Crippen molar-refractivity contribution in [3.05, 3.63) is 83.2 Å². The van der Waals surface area contributed by atoms with E-state index in [1.54, 1.807) is 6.07 Å². The maximum Gasteiger partial charge on any atom is 0.170 e. The lowest BCUT2D eigenvalue weighted by Crippen LogP contribution is -2.37. The Labute approximate surface area is 188 Å². The number of aryl methyl sites for hydroxylation is 1. The number of nitrogens with one attached hydrogen (secondary N) is 1. The minimum absolute atomic E-state index is 0.0252. The van der Waals surface area contributed by atoms with E-state index in [0.717, 1.165) is 35.0 Å². The van der Waals surface area contributed by atoms with Crippen LogP contribution in [0.5, 0.6) is 0 Å². The lowest BCUT2D eigenvalue weighted by molar-refractivity contribution is 0.245. The van der Waals surface area contributed by atoms with Gasteiger partial charge in [0.1, 0.15) is 5.82 Å². The van der Waals surface area contributed by atoms with Crippen LogP contribution in [0.3, 0.4) is 0 Å². The van der Waals surface area contributed by atoms with Gasteiger partial charge in [-0.25, -0.2) is 4.39 Å². The summed E-state index contributed by atoms with van der Waals surface area (Å²) in [5, 5.41) is 4.36. The van der Waals surface area contributed by atoms with Crippen LogP contribution in [0.25, 0.3) is 5.69 Å². The summed E-state index contributed by atoms with van der Waals surface area (Å²) in [6.07, 6.45) is 6.61. The van der Waals surface area contributed by atoms with Crippen LogP contribution in [-0.4, -0.2) is 25.6 Å². The Bertz CT molecular complexity index is 1100. The van der Waals surface area contributed by atoms with Crippen molar-refractivity contribution >= 4 is 17.3 Å². The monoisotopic (exact) mass is 434 g/mol. The summed E-state index contributed by atoms with van der Waals surface area (Å²) in [6, 6.07) is 15.6. The Balaban J connectivity index is 1.65. The summed E-state index contributed by atoms with van der Waals surface area (Å²) in [7, 11) is 0. The fraction of sp³-hybridized carbons (Fsp3) is 0.360. The molecule has 4 nitrogen and oxygen atoms in total. The van der Waals surface area contributed by atoms with Crippen molar-refractivity contribution < 1.29 is 4.39 Å². The molecular weight excluding hydrogens is 407 g/mol. The third-order valence-corrected chi connectivity index (χ3v) is 7.06. The second-order valence-corrected chi connectivity index (χ2v) is 8.97. The predicted molar refractivity (Wildman–Crippen MR) is 125 cm³/mol. The van der Waals surface area contributed by atoms with Crippen molar-refractivity contribution in [2.24, 2.45) is 0 Å². The van der Waals surface area contributed by atoms with Crippen LogP contribution < -0.4 is 5.32 Å². The van der Waals surface area contributed by atoms with E-state index in [1.807, 2.05) is 42.0 Å². The number of thiocarbonyl (C=S) groups is 1. The average molecular weight is 435 g/mol. The molecule has 1 saturated heterocycles. The summed E-state index contributed by atoms with van der Waals surface area (Å²) in [5.41, 5.74) is 4.80. The molecule has 1 N–H and O–H groups in total. The molecule has 2 fully saturated rings. The highest BCUT2D eigenvalue weighted by atomic mass is 32.1. The molecule has 2 aliphatic rings. The zero-order valence-corrected chi connectivity index (χ0v) is 18.7. The first-order chi connectivity index (χ1) is 15.1. The number of benzene rings is 1. The normalized spacial score (nSPS) is 21.6. The third-order valence-electron chi connectivity index (χ3n) is 6.74. The third kappa shape index (κ3) is 3.43. The summed E-state index contributed by atoms with van der Waals surface area (Å²) < 4.78 is 16.7. The Morgan fingerprint density at radius 2 is 1.81 bits per heavy atom. The molecule has 1 aliphatic carbocycles. The quantitative estimate of drug-likeness (QED) is 0.546. The molecule has 31 heavy (non-hydrogen) atoms. The van der Waals surface area contributed by atoms with Crippen LogP contribution in [0.2, 0.25) is 0 Å². The van der Waals surface area contributed by atoms with Crippen LogP contribution in [0.15, 0.2) is 54.7 Å². The minimum atomic E-state index is -0.218. The second kappa shape index (κ2) is 8.08. The van der Waals surface area contributed by atoms with Crippen LogP contribution in [0.4, 0.5) is 4.39 Å². The van der Waals surface area contributed by atoms with Crippen LogP contribution in [-0.2, 0) is 0 Å². The van der Waals surface area contributed by atoms with Crippen molar-refractivity contribution in [1.82, 2.24) is 19.8 Å². The number of nitrogens with zero attached hydrogens (tertiary/aromatic N) is 3. The van der Waals surface area contributed by atoms with Gasteiger partial charge in [-0.1, -0.05) is 31.0 Å². The number of pyridine rings is 1. The van der Waals surface area contributed by atoms with Gasteiger partial charge in [0.2, 0.25) is 0 Å². The molecule has 0 radical (unpaired) electrons. The molecule has 0 bridgehead atoms. The van der Waals surface area contributed by atoms with Crippen LogP contribution >= 0.6 is 12.2 Å². The summed E-state index contributed by atoms with van der Waals surface area (Å²) in [5.74, 6) is -0.218. The van der Waals surface area contributed by atoms with Gasteiger partial charge in [0.25, 0.3) is 0 Å². The van der Waals surface area contributed by atoms with Gasteiger partial charge in [-0.2, -0.15) is 0 Å². The van der Waals surface area contributed by atoms with E-state index in [-0.39, 0.29) is 17.9 Å². The van der Waals surface area contributed by atoms with Crippen molar-refractivity contribution in [2.45, 2.75) is 57.7 Å². The minimum Gasteiger partial charge on any atom is -0.352 e. The molecule has 0 unspecified atom stereocenters. The lowest BCUT2D eigenvalue weighted by Gasteiger charge is -2.33. The van der Waals surface area contributed by atoms with E-state index in [0.29, 0.717) is 11.7 Å². The average Bonchev–Trinajstić information content (AvgIpc) is 3.47. The maximum atomic E-state index is 14.7. The molecular formula is C25H27FN4S. The zero-order valence-electron chi connectivity index (χ0n) is 17.9. The first-order valence-electron chi connectivity index (χ1n) is 11.0. The van der Waals surface area contributed by atoms with Gasteiger partial charge in [-0.15, -0.1) is 0 Å². The molecule has 1 aliphatic heterocycles. The largest absolute Gasteiger partial charge is 0.352 e. The molecule has 2 atom stereocenters. The molecule has 3 aromatic rings. The number of rotatable bonds is 4. The van der Waals surface area contributed by atoms with Gasteiger partial charge in [0, 0.05) is 23.6 Å². The summed E-state index contributed by atoms with van der Waals surface area (Å²) in [6.45, 7) is 4.12. The number of hydrogen-bond acceptors (Lipinski definition) is 2. The highest BCUT2D eigenvalue weighted by molar-refractivity contribution is 7.80. The zero-order chi connectivity index (χ0) is 21.5. The molecule has 0 spiro atoms. The van der Waals surface area contributed by atoms with E-state index in [1.165, 1.54) is 24.5 Å².